The summed E-state index contributed by atoms with van der Waals surface area (Å²) in [6.45, 7) is 6.70. The van der Waals surface area contributed by atoms with Gasteiger partial charge in [0.05, 0.1) is 5.69 Å². The number of nitrogens with two attached hydrogens (primary N) is 1. The number of aryl methyl sites for hydroxylation is 1. The molecule has 0 saturated heterocycles. The van der Waals surface area contributed by atoms with Crippen molar-refractivity contribution in [3.05, 3.63) is 40.4 Å². The van der Waals surface area contributed by atoms with Crippen molar-refractivity contribution in [2.45, 2.75) is 39.7 Å². The third kappa shape index (κ3) is 2.33. The number of nitrogens with zero attached hydrogens (tertiary/aromatic N) is 1. The number of fused-ring (bicyclic) bond motifs is 1. The zero-order valence-corrected chi connectivity index (χ0v) is 12.6. The van der Waals surface area contributed by atoms with Crippen LogP contribution in [0.5, 0.6) is 0 Å². The molecule has 3 heteroatoms. The Balaban J connectivity index is 2.07. The van der Waals surface area contributed by atoms with E-state index in [1.165, 1.54) is 21.7 Å². The van der Waals surface area contributed by atoms with E-state index in [0.717, 1.165) is 17.8 Å². The van der Waals surface area contributed by atoms with E-state index in [9.17, 15) is 0 Å². The molecule has 1 unspecified atom stereocenters. The van der Waals surface area contributed by atoms with Crippen LogP contribution in [-0.4, -0.2) is 4.98 Å². The third-order valence-electron chi connectivity index (χ3n) is 3.86. The molecule has 100 valence electrons. The van der Waals surface area contributed by atoms with E-state index in [1.54, 1.807) is 11.3 Å². The maximum Gasteiger partial charge on any atom is 0.124 e. The van der Waals surface area contributed by atoms with Gasteiger partial charge in [0.15, 0.2) is 0 Å². The van der Waals surface area contributed by atoms with Gasteiger partial charge in [-0.05, 0) is 30.7 Å². The molecule has 0 radical (unpaired) electrons. The Morgan fingerprint density at radius 2 is 2.05 bits per heavy atom. The molecular weight excluding hydrogens is 252 g/mol. The van der Waals surface area contributed by atoms with Gasteiger partial charge >= 0.3 is 0 Å². The molecule has 3 rings (SSSR count). The van der Waals surface area contributed by atoms with Crippen molar-refractivity contribution in [1.29, 1.82) is 0 Å². The van der Waals surface area contributed by atoms with E-state index in [-0.39, 0.29) is 11.5 Å². The first kappa shape index (κ1) is 12.8. The molecule has 0 amide bonds. The summed E-state index contributed by atoms with van der Waals surface area (Å²) in [5.74, 6) is 0. The highest BCUT2D eigenvalue weighted by Gasteiger charge is 2.33. The lowest BCUT2D eigenvalue weighted by atomic mass is 9.77. The second kappa shape index (κ2) is 4.43. The summed E-state index contributed by atoms with van der Waals surface area (Å²) in [5, 5.41) is 1.12. The van der Waals surface area contributed by atoms with E-state index in [2.05, 4.69) is 45.0 Å². The highest BCUT2D eigenvalue weighted by atomic mass is 32.1. The molecule has 1 aromatic heterocycles. The van der Waals surface area contributed by atoms with Crippen LogP contribution in [0.15, 0.2) is 24.3 Å². The zero-order chi connectivity index (χ0) is 13.6. The van der Waals surface area contributed by atoms with Gasteiger partial charge in [0.2, 0.25) is 0 Å². The lowest BCUT2D eigenvalue weighted by Gasteiger charge is -2.32. The van der Waals surface area contributed by atoms with Crippen LogP contribution in [0.1, 0.15) is 42.4 Å². The zero-order valence-electron chi connectivity index (χ0n) is 11.7. The normalized spacial score (nSPS) is 21.2. The quantitative estimate of drug-likeness (QED) is 0.849. The topological polar surface area (TPSA) is 38.9 Å². The fourth-order valence-electron chi connectivity index (χ4n) is 2.92. The molecule has 1 atom stereocenters. The van der Waals surface area contributed by atoms with Crippen molar-refractivity contribution < 1.29 is 0 Å². The minimum absolute atomic E-state index is 0.147. The fraction of sp³-hybridized carbons (Fsp3) is 0.438. The second-order valence-corrected chi connectivity index (χ2v) is 7.33. The maximum absolute atomic E-state index is 6.32. The summed E-state index contributed by atoms with van der Waals surface area (Å²) >= 11 is 1.78. The van der Waals surface area contributed by atoms with Gasteiger partial charge in [-0.2, -0.15) is 0 Å². The predicted molar refractivity (Wildman–Crippen MR) is 81.3 cm³/mol. The maximum atomic E-state index is 6.32. The van der Waals surface area contributed by atoms with Gasteiger partial charge in [0.25, 0.3) is 0 Å². The molecule has 0 fully saturated rings. The molecule has 0 bridgehead atoms. The van der Waals surface area contributed by atoms with Gasteiger partial charge in [-0.25, -0.2) is 4.98 Å². The van der Waals surface area contributed by atoms with Crippen LogP contribution in [-0.2, 0) is 6.42 Å². The lowest BCUT2D eigenvalue weighted by Crippen LogP contribution is -2.28. The largest absolute Gasteiger partial charge is 0.323 e. The molecule has 1 heterocycles. The van der Waals surface area contributed by atoms with E-state index in [1.807, 2.05) is 0 Å². The standard InChI is InChI=1S/C16H20N2S/c1-10-6-4-5-7-11(10)15-18-13-9-16(2,3)8-12(17)14(13)19-15/h4-7,12H,8-9,17H2,1-3H3. The highest BCUT2D eigenvalue weighted by Crippen LogP contribution is 2.44. The number of hydrogen-bond acceptors (Lipinski definition) is 3. The van der Waals surface area contributed by atoms with Gasteiger partial charge in [-0.1, -0.05) is 38.1 Å². The molecule has 0 spiro atoms. The minimum atomic E-state index is 0.147. The molecule has 2 nitrogen and oxygen atoms in total. The number of rotatable bonds is 1. The Hall–Kier alpha value is -1.19. The monoisotopic (exact) mass is 272 g/mol. The summed E-state index contributed by atoms with van der Waals surface area (Å²) in [5.41, 5.74) is 10.3. The Morgan fingerprint density at radius 3 is 2.79 bits per heavy atom. The highest BCUT2D eigenvalue weighted by molar-refractivity contribution is 7.15. The molecule has 1 aromatic carbocycles. The van der Waals surface area contributed by atoms with E-state index in [0.29, 0.717) is 0 Å². The SMILES string of the molecule is Cc1ccccc1-c1nc2c(s1)C(N)CC(C)(C)C2. The summed E-state index contributed by atoms with van der Waals surface area (Å²) < 4.78 is 0. The second-order valence-electron chi connectivity index (χ2n) is 6.30. The summed E-state index contributed by atoms with van der Waals surface area (Å²) in [6, 6.07) is 8.58. The van der Waals surface area contributed by atoms with Crippen LogP contribution < -0.4 is 5.73 Å². The summed E-state index contributed by atoms with van der Waals surface area (Å²) in [6.07, 6.45) is 2.09. The molecule has 2 aromatic rings. The molecule has 1 aliphatic carbocycles. The average molecular weight is 272 g/mol. The van der Waals surface area contributed by atoms with Crippen LogP contribution >= 0.6 is 11.3 Å². The molecule has 2 N–H and O–H groups in total. The number of hydrogen-bond donors (Lipinski definition) is 1. The first-order chi connectivity index (χ1) is 8.96. The number of aromatic nitrogens is 1. The van der Waals surface area contributed by atoms with Gasteiger partial charge < -0.3 is 5.73 Å². The summed E-state index contributed by atoms with van der Waals surface area (Å²) in [4.78, 5) is 6.16. The molecule has 0 aliphatic heterocycles. The van der Waals surface area contributed by atoms with E-state index < -0.39 is 0 Å². The van der Waals surface area contributed by atoms with Gasteiger partial charge in [0.1, 0.15) is 5.01 Å². The van der Waals surface area contributed by atoms with Crippen molar-refractivity contribution >= 4 is 11.3 Å². The Bertz CT molecular complexity index is 613. The molecular formula is C16H20N2S. The smallest absolute Gasteiger partial charge is 0.124 e. The van der Waals surface area contributed by atoms with Crippen LogP contribution in [0.25, 0.3) is 10.6 Å². The fourth-order valence-corrected chi connectivity index (χ4v) is 4.09. The predicted octanol–water partition coefficient (Wildman–Crippen LogP) is 4.09. The van der Waals surface area contributed by atoms with Crippen molar-refractivity contribution in [3.8, 4) is 10.6 Å². The van der Waals surface area contributed by atoms with Crippen LogP contribution in [0.3, 0.4) is 0 Å². The van der Waals surface area contributed by atoms with Crippen LogP contribution in [0, 0.1) is 12.3 Å². The molecule has 1 aliphatic rings. The van der Waals surface area contributed by atoms with Crippen molar-refractivity contribution in [2.24, 2.45) is 11.1 Å². The van der Waals surface area contributed by atoms with Crippen molar-refractivity contribution in [2.75, 3.05) is 0 Å². The molecule has 19 heavy (non-hydrogen) atoms. The Kier molecular flexibility index (Phi) is 2.99. The summed E-state index contributed by atoms with van der Waals surface area (Å²) in [7, 11) is 0. The Labute approximate surface area is 118 Å². The first-order valence-corrected chi connectivity index (χ1v) is 7.59. The third-order valence-corrected chi connectivity index (χ3v) is 5.12. The lowest BCUT2D eigenvalue weighted by molar-refractivity contribution is 0.282. The van der Waals surface area contributed by atoms with Crippen molar-refractivity contribution in [1.82, 2.24) is 4.98 Å². The van der Waals surface area contributed by atoms with E-state index in [4.69, 9.17) is 10.7 Å². The number of thiazole rings is 1. The van der Waals surface area contributed by atoms with E-state index >= 15 is 0 Å². The average Bonchev–Trinajstić information content (AvgIpc) is 2.71. The van der Waals surface area contributed by atoms with Crippen LogP contribution in [0.2, 0.25) is 0 Å². The minimum Gasteiger partial charge on any atom is -0.323 e. The van der Waals surface area contributed by atoms with Gasteiger partial charge in [-0.3, -0.25) is 0 Å². The van der Waals surface area contributed by atoms with Crippen LogP contribution in [0.4, 0.5) is 0 Å². The first-order valence-electron chi connectivity index (χ1n) is 6.77. The van der Waals surface area contributed by atoms with Crippen molar-refractivity contribution in [3.63, 3.8) is 0 Å². The Morgan fingerprint density at radius 1 is 1.32 bits per heavy atom. The van der Waals surface area contributed by atoms with Gasteiger partial charge in [0, 0.05) is 16.5 Å². The van der Waals surface area contributed by atoms with Gasteiger partial charge in [-0.15, -0.1) is 11.3 Å². The number of benzene rings is 1. The molecule has 0 saturated carbocycles.